The monoisotopic (exact) mass is 288 g/mol. The molecule has 1 aromatic heterocycles. The molecule has 0 unspecified atom stereocenters. The van der Waals surface area contributed by atoms with E-state index < -0.39 is 23.4 Å². The number of benzene rings is 1. The summed E-state index contributed by atoms with van der Waals surface area (Å²) in [6.07, 6.45) is 2.22. The van der Waals surface area contributed by atoms with Gasteiger partial charge >= 0.3 is 0 Å². The summed E-state index contributed by atoms with van der Waals surface area (Å²) >= 11 is 0. The maximum atomic E-state index is 12.1. The molecule has 6 nitrogen and oxygen atoms in total. The molecule has 112 valence electrons. The average Bonchev–Trinajstić information content (AvgIpc) is 2.81. The number of H-pyrrole nitrogens is 1. The first-order chi connectivity index (χ1) is 9.81. The number of fused-ring (bicyclic) bond motifs is 1. The number of hydrogen-bond acceptors (Lipinski definition) is 3. The van der Waals surface area contributed by atoms with Gasteiger partial charge in [0.2, 0.25) is 11.8 Å². The van der Waals surface area contributed by atoms with Gasteiger partial charge in [-0.15, -0.1) is 0 Å². The summed E-state index contributed by atoms with van der Waals surface area (Å²) in [7, 11) is 0. The molecular weight excluding hydrogens is 268 g/mol. The molecule has 0 spiro atoms. The minimum atomic E-state index is -1.12. The van der Waals surface area contributed by atoms with Crippen LogP contribution in [0.15, 0.2) is 30.5 Å². The molecule has 0 saturated heterocycles. The fourth-order valence-electron chi connectivity index (χ4n) is 2.09. The Labute approximate surface area is 122 Å². The second-order valence-electron chi connectivity index (χ2n) is 5.65. The van der Waals surface area contributed by atoms with E-state index in [1.54, 1.807) is 13.8 Å². The van der Waals surface area contributed by atoms with Crippen LogP contribution in [0.1, 0.15) is 19.4 Å². The topological polar surface area (TPSA) is 114 Å². The van der Waals surface area contributed by atoms with Crippen LogP contribution in [0.3, 0.4) is 0 Å². The highest BCUT2D eigenvalue weighted by Crippen LogP contribution is 2.18. The lowest BCUT2D eigenvalue weighted by Gasteiger charge is -2.24. The standard InChI is InChI=1S/C15H20N4O2/c1-15(2,14(17)21)19-13(20)11(16)7-9-8-18-12-6-4-3-5-10(9)12/h3-6,8,11,18H,7,16H2,1-2H3,(H2,17,21)(H,19,20)/t11-/m0/s1. The smallest absolute Gasteiger partial charge is 0.242 e. The number of primary amides is 1. The molecular formula is C15H20N4O2. The number of rotatable bonds is 5. The van der Waals surface area contributed by atoms with Gasteiger partial charge in [0.05, 0.1) is 6.04 Å². The van der Waals surface area contributed by atoms with Gasteiger partial charge in [-0.05, 0) is 31.9 Å². The first-order valence-electron chi connectivity index (χ1n) is 6.74. The zero-order chi connectivity index (χ0) is 15.6. The number of amides is 2. The van der Waals surface area contributed by atoms with Crippen molar-refractivity contribution in [2.24, 2.45) is 11.5 Å². The summed E-state index contributed by atoms with van der Waals surface area (Å²) in [6, 6.07) is 7.05. The molecule has 0 bridgehead atoms. The fraction of sp³-hybridized carbons (Fsp3) is 0.333. The van der Waals surface area contributed by atoms with Gasteiger partial charge in [-0.25, -0.2) is 0 Å². The van der Waals surface area contributed by atoms with E-state index in [-0.39, 0.29) is 0 Å². The first-order valence-corrected chi connectivity index (χ1v) is 6.74. The second-order valence-corrected chi connectivity index (χ2v) is 5.65. The van der Waals surface area contributed by atoms with Crippen molar-refractivity contribution in [3.8, 4) is 0 Å². The molecule has 1 atom stereocenters. The Morgan fingerprint density at radius 1 is 1.33 bits per heavy atom. The molecule has 1 heterocycles. The third-order valence-corrected chi connectivity index (χ3v) is 3.50. The third-order valence-electron chi connectivity index (χ3n) is 3.50. The SMILES string of the molecule is CC(C)(NC(=O)[C@@H](N)Cc1c[nH]c2ccccc12)C(N)=O. The van der Waals surface area contributed by atoms with Crippen molar-refractivity contribution < 1.29 is 9.59 Å². The summed E-state index contributed by atoms with van der Waals surface area (Å²) in [4.78, 5) is 26.4. The van der Waals surface area contributed by atoms with Gasteiger partial charge in [0.1, 0.15) is 5.54 Å². The van der Waals surface area contributed by atoms with Crippen molar-refractivity contribution in [3.63, 3.8) is 0 Å². The predicted molar refractivity (Wildman–Crippen MR) is 81.4 cm³/mol. The van der Waals surface area contributed by atoms with E-state index in [4.69, 9.17) is 11.5 Å². The minimum Gasteiger partial charge on any atom is -0.368 e. The molecule has 2 rings (SSSR count). The molecule has 0 aliphatic rings. The van der Waals surface area contributed by atoms with Crippen LogP contribution in [-0.2, 0) is 16.0 Å². The van der Waals surface area contributed by atoms with Gasteiger partial charge in [-0.3, -0.25) is 9.59 Å². The number of carbonyl (C=O) groups excluding carboxylic acids is 2. The quantitative estimate of drug-likeness (QED) is 0.639. The van der Waals surface area contributed by atoms with E-state index in [0.29, 0.717) is 6.42 Å². The van der Waals surface area contributed by atoms with E-state index >= 15 is 0 Å². The molecule has 0 aliphatic carbocycles. The number of nitrogens with two attached hydrogens (primary N) is 2. The molecule has 21 heavy (non-hydrogen) atoms. The van der Waals surface area contributed by atoms with Crippen molar-refractivity contribution >= 4 is 22.7 Å². The van der Waals surface area contributed by atoms with E-state index in [9.17, 15) is 9.59 Å². The van der Waals surface area contributed by atoms with Crippen molar-refractivity contribution in [2.45, 2.75) is 31.8 Å². The summed E-state index contributed by atoms with van der Waals surface area (Å²) in [5.74, 6) is -1.00. The van der Waals surface area contributed by atoms with Gasteiger partial charge in [-0.1, -0.05) is 18.2 Å². The fourth-order valence-corrected chi connectivity index (χ4v) is 2.09. The van der Waals surface area contributed by atoms with Gasteiger partial charge in [0.15, 0.2) is 0 Å². The van der Waals surface area contributed by atoms with E-state index in [2.05, 4.69) is 10.3 Å². The van der Waals surface area contributed by atoms with Crippen LogP contribution in [0.4, 0.5) is 0 Å². The lowest BCUT2D eigenvalue weighted by molar-refractivity contribution is -0.131. The predicted octanol–water partition coefficient (Wildman–Crippen LogP) is 0.418. The Balaban J connectivity index is 2.09. The lowest BCUT2D eigenvalue weighted by Crippen LogP contribution is -2.57. The van der Waals surface area contributed by atoms with Crippen LogP contribution in [0.25, 0.3) is 10.9 Å². The zero-order valence-corrected chi connectivity index (χ0v) is 12.1. The minimum absolute atomic E-state index is 0.380. The van der Waals surface area contributed by atoms with Gasteiger partial charge in [-0.2, -0.15) is 0 Å². The van der Waals surface area contributed by atoms with E-state index in [0.717, 1.165) is 16.5 Å². The number of hydrogen-bond donors (Lipinski definition) is 4. The van der Waals surface area contributed by atoms with Crippen molar-refractivity contribution in [1.82, 2.24) is 10.3 Å². The highest BCUT2D eigenvalue weighted by atomic mass is 16.2. The highest BCUT2D eigenvalue weighted by molar-refractivity contribution is 5.92. The van der Waals surface area contributed by atoms with Gasteiger partial charge in [0, 0.05) is 17.1 Å². The van der Waals surface area contributed by atoms with Crippen LogP contribution in [0.5, 0.6) is 0 Å². The molecule has 6 heteroatoms. The summed E-state index contributed by atoms with van der Waals surface area (Å²) in [6.45, 7) is 3.09. The first kappa shape index (κ1) is 15.1. The van der Waals surface area contributed by atoms with Gasteiger partial charge < -0.3 is 21.8 Å². The average molecular weight is 288 g/mol. The third kappa shape index (κ3) is 3.22. The molecule has 0 fully saturated rings. The highest BCUT2D eigenvalue weighted by Gasteiger charge is 2.29. The molecule has 0 saturated carbocycles. The van der Waals surface area contributed by atoms with Crippen LogP contribution in [0, 0.1) is 0 Å². The number of para-hydroxylation sites is 1. The van der Waals surface area contributed by atoms with Crippen molar-refractivity contribution in [3.05, 3.63) is 36.0 Å². The number of carbonyl (C=O) groups is 2. The van der Waals surface area contributed by atoms with Crippen LogP contribution in [0.2, 0.25) is 0 Å². The maximum absolute atomic E-state index is 12.1. The Morgan fingerprint density at radius 2 is 2.00 bits per heavy atom. The van der Waals surface area contributed by atoms with Crippen LogP contribution in [-0.4, -0.2) is 28.4 Å². The second kappa shape index (κ2) is 5.57. The van der Waals surface area contributed by atoms with Crippen LogP contribution < -0.4 is 16.8 Å². The molecule has 0 radical (unpaired) electrons. The Hall–Kier alpha value is -2.34. The number of nitrogens with one attached hydrogen (secondary N) is 2. The lowest BCUT2D eigenvalue weighted by atomic mass is 10.0. The van der Waals surface area contributed by atoms with Crippen molar-refractivity contribution in [1.29, 1.82) is 0 Å². The molecule has 2 aromatic rings. The summed E-state index contributed by atoms with van der Waals surface area (Å²) < 4.78 is 0. The Bertz CT molecular complexity index is 675. The number of aromatic amines is 1. The Morgan fingerprint density at radius 3 is 2.67 bits per heavy atom. The normalized spacial score (nSPS) is 13.1. The summed E-state index contributed by atoms with van der Waals surface area (Å²) in [5, 5.41) is 3.60. The van der Waals surface area contributed by atoms with E-state index in [1.165, 1.54) is 0 Å². The molecule has 1 aromatic carbocycles. The number of aromatic nitrogens is 1. The largest absolute Gasteiger partial charge is 0.368 e. The van der Waals surface area contributed by atoms with Crippen molar-refractivity contribution in [2.75, 3.05) is 0 Å². The van der Waals surface area contributed by atoms with Gasteiger partial charge in [0.25, 0.3) is 0 Å². The van der Waals surface area contributed by atoms with E-state index in [1.807, 2.05) is 30.5 Å². The molecule has 0 aliphatic heterocycles. The Kier molecular flexibility index (Phi) is 3.99. The molecule has 6 N–H and O–H groups in total. The van der Waals surface area contributed by atoms with Crippen LogP contribution >= 0.6 is 0 Å². The zero-order valence-electron chi connectivity index (χ0n) is 12.1. The maximum Gasteiger partial charge on any atom is 0.242 e. The molecule has 2 amide bonds. The summed E-state index contributed by atoms with van der Waals surface area (Å²) in [5.41, 5.74) is 12.0.